The Labute approximate surface area is 178 Å². The highest BCUT2D eigenvalue weighted by Crippen LogP contribution is 2.67. The van der Waals surface area contributed by atoms with Crippen molar-refractivity contribution in [1.82, 2.24) is 15.4 Å². The second kappa shape index (κ2) is 6.89. The maximum Gasteiger partial charge on any atom is 0.302 e. The molecule has 0 radical (unpaired) electrons. The maximum atomic E-state index is 12.6. The predicted octanol–water partition coefficient (Wildman–Crippen LogP) is 4.32. The largest absolute Gasteiger partial charge is 0.466 e. The van der Waals surface area contributed by atoms with Gasteiger partial charge in [0.25, 0.3) is 0 Å². The second-order valence-electron chi connectivity index (χ2n) is 11.1. The fraction of sp³-hybridized carbons (Fsp3) is 0.833. The number of rotatable bonds is 3. The highest BCUT2D eigenvalue weighted by atomic mass is 16.5. The zero-order chi connectivity index (χ0) is 21.3. The number of nitrogens with zero attached hydrogens (tertiary/aromatic N) is 2. The molecule has 4 aliphatic carbocycles. The van der Waals surface area contributed by atoms with Gasteiger partial charge in [0.05, 0.1) is 12.3 Å². The third-order valence-corrected chi connectivity index (χ3v) is 9.97. The van der Waals surface area contributed by atoms with Crippen LogP contribution >= 0.6 is 0 Å². The van der Waals surface area contributed by atoms with Crippen LogP contribution in [0.3, 0.4) is 0 Å². The van der Waals surface area contributed by atoms with Gasteiger partial charge in [0.1, 0.15) is 0 Å². The molecule has 0 spiro atoms. The molecule has 0 bridgehead atoms. The molecule has 1 aromatic rings. The first-order valence-electron chi connectivity index (χ1n) is 11.8. The summed E-state index contributed by atoms with van der Waals surface area (Å²) in [6.07, 6.45) is 7.91. The van der Waals surface area contributed by atoms with E-state index in [9.17, 15) is 9.59 Å². The normalized spacial score (nSPS) is 43.2. The van der Waals surface area contributed by atoms with E-state index in [1.807, 2.05) is 0 Å². The molecule has 1 N–H and O–H groups in total. The molecule has 6 nitrogen and oxygen atoms in total. The third-order valence-electron chi connectivity index (χ3n) is 9.97. The van der Waals surface area contributed by atoms with E-state index in [4.69, 9.17) is 4.74 Å². The lowest BCUT2D eigenvalue weighted by molar-refractivity contribution is -0.143. The minimum Gasteiger partial charge on any atom is -0.466 e. The Hall–Kier alpha value is -1.72. The van der Waals surface area contributed by atoms with Gasteiger partial charge in [-0.05, 0) is 79.4 Å². The summed E-state index contributed by atoms with van der Waals surface area (Å²) in [6.45, 7) is 9.20. The van der Waals surface area contributed by atoms with Gasteiger partial charge in [-0.3, -0.25) is 9.59 Å². The van der Waals surface area contributed by atoms with Gasteiger partial charge < -0.3 is 4.74 Å². The highest BCUT2D eigenvalue weighted by Gasteiger charge is 2.62. The minimum absolute atomic E-state index is 0.0397. The number of esters is 1. The number of aromatic amines is 1. The van der Waals surface area contributed by atoms with Gasteiger partial charge >= 0.3 is 5.97 Å². The average Bonchev–Trinajstić information content (AvgIpc) is 3.33. The fourth-order valence-electron chi connectivity index (χ4n) is 8.58. The summed E-state index contributed by atoms with van der Waals surface area (Å²) in [7, 11) is 0. The lowest BCUT2D eigenvalue weighted by Gasteiger charge is -2.59. The maximum absolute atomic E-state index is 12.6. The molecule has 1 aromatic heterocycles. The Kier molecular flexibility index (Phi) is 4.64. The van der Waals surface area contributed by atoms with Crippen LogP contribution in [0.5, 0.6) is 0 Å². The Bertz CT molecular complexity index is 866. The summed E-state index contributed by atoms with van der Waals surface area (Å²) in [6, 6.07) is 0. The van der Waals surface area contributed by atoms with Gasteiger partial charge in [-0.2, -0.15) is 15.4 Å². The second-order valence-corrected chi connectivity index (χ2v) is 11.1. The van der Waals surface area contributed by atoms with E-state index in [2.05, 4.69) is 36.2 Å². The number of H-pyrrole nitrogens is 1. The number of aromatic nitrogens is 3. The summed E-state index contributed by atoms with van der Waals surface area (Å²) in [4.78, 5) is 23.9. The number of hydrogen-bond acceptors (Lipinski definition) is 5. The first-order valence-corrected chi connectivity index (χ1v) is 11.8. The third kappa shape index (κ3) is 2.67. The number of fused-ring (bicyclic) bond motifs is 7. The predicted molar refractivity (Wildman–Crippen MR) is 112 cm³/mol. The van der Waals surface area contributed by atoms with Crippen molar-refractivity contribution in [3.8, 4) is 0 Å². The number of nitrogens with one attached hydrogen (secondary N) is 1. The van der Waals surface area contributed by atoms with E-state index in [-0.39, 0.29) is 17.2 Å². The minimum atomic E-state index is -0.174. The van der Waals surface area contributed by atoms with Crippen LogP contribution in [-0.4, -0.2) is 33.8 Å². The number of ether oxygens (including phenoxy) is 1. The lowest BCUT2D eigenvalue weighted by Crippen LogP contribution is -2.56. The molecule has 164 valence electrons. The Morgan fingerprint density at radius 3 is 2.73 bits per heavy atom. The molecule has 0 aromatic carbocycles. The van der Waals surface area contributed by atoms with Crippen LogP contribution in [-0.2, 0) is 14.9 Å². The molecule has 0 unspecified atom stereocenters. The molecule has 30 heavy (non-hydrogen) atoms. The molecule has 5 rings (SSSR count). The molecule has 8 atom stereocenters. The number of carbonyl (C=O) groups excluding carboxylic acids is 2. The van der Waals surface area contributed by atoms with Crippen molar-refractivity contribution in [2.45, 2.75) is 78.1 Å². The monoisotopic (exact) mass is 413 g/mol. The van der Waals surface area contributed by atoms with Gasteiger partial charge in [0, 0.05) is 18.8 Å². The topological polar surface area (TPSA) is 84.9 Å². The standard InChI is InChI=1S/C24H35N3O3/c1-13(12-30-14(2)28)17-7-8-18-16-6-5-15-11-20(29)21-22(26-27-25-21)24(15,4)19(16)9-10-23(17,18)3/h13,15-19H,5-12H2,1-4H3,(H,25,26,27)/t13-,15+,16+,17-,18+,19+,23-,24+/m1/s1. The van der Waals surface area contributed by atoms with E-state index in [1.54, 1.807) is 0 Å². The van der Waals surface area contributed by atoms with Gasteiger partial charge in [-0.15, -0.1) is 0 Å². The Balaban J connectivity index is 1.43. The summed E-state index contributed by atoms with van der Waals surface area (Å²) >= 11 is 0. The van der Waals surface area contributed by atoms with Crippen LogP contribution in [0.15, 0.2) is 0 Å². The Morgan fingerprint density at radius 2 is 1.97 bits per heavy atom. The van der Waals surface area contributed by atoms with E-state index < -0.39 is 0 Å². The number of ketones is 1. The average molecular weight is 414 g/mol. The summed E-state index contributed by atoms with van der Waals surface area (Å²) in [5.74, 6) is 3.39. The fourth-order valence-corrected chi connectivity index (χ4v) is 8.58. The summed E-state index contributed by atoms with van der Waals surface area (Å²) in [5, 5.41) is 11.5. The molecular formula is C24H35N3O3. The molecule has 3 saturated carbocycles. The van der Waals surface area contributed by atoms with Crippen molar-refractivity contribution >= 4 is 11.8 Å². The molecule has 0 saturated heterocycles. The first kappa shape index (κ1) is 20.2. The van der Waals surface area contributed by atoms with Gasteiger partial charge in [-0.1, -0.05) is 20.8 Å². The van der Waals surface area contributed by atoms with E-state index in [0.717, 1.165) is 12.1 Å². The summed E-state index contributed by atoms with van der Waals surface area (Å²) in [5.41, 5.74) is 1.82. The van der Waals surface area contributed by atoms with Crippen molar-refractivity contribution in [3.05, 3.63) is 11.4 Å². The van der Waals surface area contributed by atoms with Gasteiger partial charge in [-0.25, -0.2) is 0 Å². The van der Waals surface area contributed by atoms with Crippen molar-refractivity contribution in [2.75, 3.05) is 6.61 Å². The molecule has 3 fully saturated rings. The smallest absolute Gasteiger partial charge is 0.302 e. The first-order chi connectivity index (χ1) is 14.3. The van der Waals surface area contributed by atoms with Crippen molar-refractivity contribution < 1.29 is 14.3 Å². The molecule has 6 heteroatoms. The van der Waals surface area contributed by atoms with Crippen molar-refractivity contribution in [2.24, 2.45) is 40.9 Å². The van der Waals surface area contributed by atoms with Crippen LogP contribution in [0, 0.1) is 40.9 Å². The van der Waals surface area contributed by atoms with E-state index >= 15 is 0 Å². The van der Waals surface area contributed by atoms with Crippen molar-refractivity contribution in [3.63, 3.8) is 0 Å². The van der Waals surface area contributed by atoms with Crippen molar-refractivity contribution in [1.29, 1.82) is 0 Å². The number of carbonyl (C=O) groups is 2. The molecular weight excluding hydrogens is 378 g/mol. The molecule has 0 aliphatic heterocycles. The molecule has 4 aliphatic rings. The highest BCUT2D eigenvalue weighted by molar-refractivity contribution is 5.97. The lowest BCUT2D eigenvalue weighted by atomic mass is 9.44. The number of hydrogen-bond donors (Lipinski definition) is 1. The van der Waals surface area contributed by atoms with E-state index in [0.29, 0.717) is 59.6 Å². The van der Waals surface area contributed by atoms with Crippen LogP contribution < -0.4 is 0 Å². The van der Waals surface area contributed by atoms with Gasteiger partial charge in [0.2, 0.25) is 0 Å². The van der Waals surface area contributed by atoms with Crippen LogP contribution in [0.1, 0.15) is 88.8 Å². The van der Waals surface area contributed by atoms with E-state index in [1.165, 1.54) is 39.0 Å². The van der Waals surface area contributed by atoms with Gasteiger partial charge in [0.15, 0.2) is 11.5 Å². The molecule has 1 heterocycles. The summed E-state index contributed by atoms with van der Waals surface area (Å²) < 4.78 is 5.38. The van der Waals surface area contributed by atoms with Crippen LogP contribution in [0.2, 0.25) is 0 Å². The molecule has 0 amide bonds. The Morgan fingerprint density at radius 1 is 1.17 bits per heavy atom. The SMILES string of the molecule is CC(=O)OC[C@@H](C)[C@H]1CC[C@H]2[C@@H]3CC[C@H]4CC(=O)c5n[nH]nc5[C@]4(C)[C@H]3CC[C@]12C. The number of Topliss-reactive ketones (excluding diaryl/α,β-unsaturated/α-hetero) is 1. The van der Waals surface area contributed by atoms with Crippen LogP contribution in [0.4, 0.5) is 0 Å². The quantitative estimate of drug-likeness (QED) is 0.746. The zero-order valence-electron chi connectivity index (χ0n) is 18.7. The zero-order valence-corrected chi connectivity index (χ0v) is 18.7. The van der Waals surface area contributed by atoms with Crippen LogP contribution in [0.25, 0.3) is 0 Å².